The third-order valence-electron chi connectivity index (χ3n) is 2.78. The molecule has 0 saturated heterocycles. The molecule has 0 aromatic heterocycles. The summed E-state index contributed by atoms with van der Waals surface area (Å²) in [7, 11) is 1.54. The minimum atomic E-state index is -0.277. The maximum atomic E-state index is 13.4. The number of hydrogen-bond donors (Lipinski definition) is 0. The van der Waals surface area contributed by atoms with Gasteiger partial charge in [0.2, 0.25) is 0 Å². The zero-order valence-electron chi connectivity index (χ0n) is 10.0. The molecule has 2 heteroatoms. The van der Waals surface area contributed by atoms with Gasteiger partial charge in [-0.1, -0.05) is 31.2 Å². The Bertz CT molecular complexity index is 520. The maximum Gasteiger partial charge on any atom is 0.127 e. The number of aryl methyl sites for hydroxylation is 1. The van der Waals surface area contributed by atoms with E-state index in [1.54, 1.807) is 7.11 Å². The molecule has 0 amide bonds. The van der Waals surface area contributed by atoms with Gasteiger partial charge in [0, 0.05) is 6.07 Å². The Morgan fingerprint density at radius 2 is 1.88 bits per heavy atom. The predicted octanol–water partition coefficient (Wildman–Crippen LogP) is 4.06. The van der Waals surface area contributed by atoms with Crippen molar-refractivity contribution in [1.29, 1.82) is 0 Å². The second kappa shape index (κ2) is 5.00. The van der Waals surface area contributed by atoms with Crippen molar-refractivity contribution >= 4 is 0 Å². The van der Waals surface area contributed by atoms with Gasteiger partial charge in [0.05, 0.1) is 7.11 Å². The van der Waals surface area contributed by atoms with Gasteiger partial charge in [0.1, 0.15) is 11.6 Å². The van der Waals surface area contributed by atoms with Crippen LogP contribution in [0.5, 0.6) is 5.75 Å². The van der Waals surface area contributed by atoms with E-state index >= 15 is 0 Å². The van der Waals surface area contributed by atoms with E-state index in [2.05, 4.69) is 19.1 Å². The van der Waals surface area contributed by atoms with Crippen LogP contribution in [0.2, 0.25) is 0 Å². The van der Waals surface area contributed by atoms with E-state index in [0.717, 1.165) is 17.5 Å². The Morgan fingerprint density at radius 1 is 1.06 bits per heavy atom. The Balaban J connectivity index is 2.47. The minimum Gasteiger partial charge on any atom is -0.497 e. The fourth-order valence-electron chi connectivity index (χ4n) is 1.82. The molecule has 2 rings (SSSR count). The fourth-order valence-corrected chi connectivity index (χ4v) is 1.82. The van der Waals surface area contributed by atoms with E-state index < -0.39 is 0 Å². The molecule has 0 unspecified atom stereocenters. The first-order valence-corrected chi connectivity index (χ1v) is 5.67. The van der Waals surface area contributed by atoms with Crippen LogP contribution in [0.4, 0.5) is 4.39 Å². The molecule has 0 radical (unpaired) electrons. The Hall–Kier alpha value is -1.83. The lowest BCUT2D eigenvalue weighted by Crippen LogP contribution is -1.88. The molecule has 0 atom stereocenters. The van der Waals surface area contributed by atoms with Crippen LogP contribution in [0.3, 0.4) is 0 Å². The van der Waals surface area contributed by atoms with Crippen LogP contribution in [-0.2, 0) is 6.42 Å². The summed E-state index contributed by atoms with van der Waals surface area (Å²) in [6.45, 7) is 2.10. The third kappa shape index (κ3) is 2.64. The van der Waals surface area contributed by atoms with Crippen molar-refractivity contribution in [1.82, 2.24) is 0 Å². The van der Waals surface area contributed by atoms with Crippen LogP contribution >= 0.6 is 0 Å². The molecule has 88 valence electrons. The van der Waals surface area contributed by atoms with Crippen LogP contribution < -0.4 is 4.74 Å². The van der Waals surface area contributed by atoms with Gasteiger partial charge in [-0.05, 0) is 35.2 Å². The summed E-state index contributed by atoms with van der Waals surface area (Å²) in [5.41, 5.74) is 3.10. The monoisotopic (exact) mass is 230 g/mol. The van der Waals surface area contributed by atoms with Crippen molar-refractivity contribution in [3.05, 3.63) is 53.8 Å². The SMILES string of the molecule is CCc1cccc(-c2cc(F)cc(OC)c2)c1. The molecule has 0 N–H and O–H groups in total. The second-order valence-electron chi connectivity index (χ2n) is 3.93. The van der Waals surface area contributed by atoms with Crippen LogP contribution in [0.1, 0.15) is 12.5 Å². The molecule has 0 aliphatic carbocycles. The van der Waals surface area contributed by atoms with Gasteiger partial charge < -0.3 is 4.74 Å². The van der Waals surface area contributed by atoms with Gasteiger partial charge >= 0.3 is 0 Å². The lowest BCUT2D eigenvalue weighted by Gasteiger charge is -2.07. The largest absolute Gasteiger partial charge is 0.497 e. The first-order chi connectivity index (χ1) is 8.22. The highest BCUT2D eigenvalue weighted by molar-refractivity contribution is 5.66. The molecule has 0 heterocycles. The molecule has 0 bridgehead atoms. The van der Waals surface area contributed by atoms with E-state index in [9.17, 15) is 4.39 Å². The Morgan fingerprint density at radius 3 is 2.59 bits per heavy atom. The molecule has 2 aromatic carbocycles. The molecule has 0 fully saturated rings. The van der Waals surface area contributed by atoms with Gasteiger partial charge in [-0.3, -0.25) is 0 Å². The van der Waals surface area contributed by atoms with Gasteiger partial charge in [-0.2, -0.15) is 0 Å². The summed E-state index contributed by atoms with van der Waals surface area (Å²) in [6.07, 6.45) is 0.973. The summed E-state index contributed by atoms with van der Waals surface area (Å²) in [4.78, 5) is 0. The molecule has 17 heavy (non-hydrogen) atoms. The molecule has 2 aromatic rings. The average Bonchev–Trinajstić information content (AvgIpc) is 2.38. The number of rotatable bonds is 3. The minimum absolute atomic E-state index is 0.277. The van der Waals surface area contributed by atoms with Gasteiger partial charge in [-0.15, -0.1) is 0 Å². The molecule has 0 aliphatic rings. The Labute approximate surface area is 101 Å². The number of hydrogen-bond acceptors (Lipinski definition) is 1. The number of halogens is 1. The highest BCUT2D eigenvalue weighted by Crippen LogP contribution is 2.26. The van der Waals surface area contributed by atoms with E-state index in [1.807, 2.05) is 18.2 Å². The number of ether oxygens (including phenoxy) is 1. The molecular weight excluding hydrogens is 215 g/mol. The van der Waals surface area contributed by atoms with Crippen LogP contribution in [-0.4, -0.2) is 7.11 Å². The van der Waals surface area contributed by atoms with Crippen LogP contribution in [0, 0.1) is 5.82 Å². The molecule has 1 nitrogen and oxygen atoms in total. The molecular formula is C15H15FO. The number of methoxy groups -OCH3 is 1. The molecule has 0 spiro atoms. The second-order valence-corrected chi connectivity index (χ2v) is 3.93. The van der Waals surface area contributed by atoms with Crippen molar-refractivity contribution in [3.8, 4) is 16.9 Å². The fraction of sp³-hybridized carbons (Fsp3) is 0.200. The summed E-state index contributed by atoms with van der Waals surface area (Å²) in [5.74, 6) is 0.267. The Kier molecular flexibility index (Phi) is 3.43. The number of benzene rings is 2. The van der Waals surface area contributed by atoms with Gasteiger partial charge in [0.15, 0.2) is 0 Å². The normalized spacial score (nSPS) is 10.3. The standard InChI is InChI=1S/C15H15FO/c1-3-11-5-4-6-12(7-11)13-8-14(16)10-15(9-13)17-2/h4-10H,3H2,1-2H3. The summed E-state index contributed by atoms with van der Waals surface area (Å²) in [6, 6.07) is 12.9. The van der Waals surface area contributed by atoms with E-state index in [0.29, 0.717) is 5.75 Å². The van der Waals surface area contributed by atoms with Crippen molar-refractivity contribution in [3.63, 3.8) is 0 Å². The first-order valence-electron chi connectivity index (χ1n) is 5.67. The maximum absolute atomic E-state index is 13.4. The van der Waals surface area contributed by atoms with E-state index in [1.165, 1.54) is 17.7 Å². The van der Waals surface area contributed by atoms with Gasteiger partial charge in [-0.25, -0.2) is 4.39 Å². The zero-order valence-corrected chi connectivity index (χ0v) is 10.0. The van der Waals surface area contributed by atoms with Crippen LogP contribution in [0.15, 0.2) is 42.5 Å². The summed E-state index contributed by atoms with van der Waals surface area (Å²) in [5, 5.41) is 0. The van der Waals surface area contributed by atoms with Crippen molar-refractivity contribution in [2.45, 2.75) is 13.3 Å². The average molecular weight is 230 g/mol. The smallest absolute Gasteiger partial charge is 0.127 e. The zero-order chi connectivity index (χ0) is 12.3. The third-order valence-corrected chi connectivity index (χ3v) is 2.78. The quantitative estimate of drug-likeness (QED) is 0.772. The molecule has 0 aliphatic heterocycles. The first kappa shape index (κ1) is 11.6. The van der Waals surface area contributed by atoms with Crippen molar-refractivity contribution in [2.24, 2.45) is 0 Å². The highest BCUT2D eigenvalue weighted by atomic mass is 19.1. The van der Waals surface area contributed by atoms with Crippen molar-refractivity contribution < 1.29 is 9.13 Å². The highest BCUT2D eigenvalue weighted by Gasteiger charge is 2.04. The van der Waals surface area contributed by atoms with Crippen LogP contribution in [0.25, 0.3) is 11.1 Å². The summed E-state index contributed by atoms with van der Waals surface area (Å²) < 4.78 is 18.5. The summed E-state index contributed by atoms with van der Waals surface area (Å²) >= 11 is 0. The predicted molar refractivity (Wildman–Crippen MR) is 67.8 cm³/mol. The lowest BCUT2D eigenvalue weighted by molar-refractivity contribution is 0.411. The van der Waals surface area contributed by atoms with Crippen molar-refractivity contribution in [2.75, 3.05) is 7.11 Å². The van der Waals surface area contributed by atoms with Gasteiger partial charge in [0.25, 0.3) is 0 Å². The topological polar surface area (TPSA) is 9.23 Å². The molecule has 0 saturated carbocycles. The van der Waals surface area contributed by atoms with E-state index in [4.69, 9.17) is 4.74 Å². The lowest BCUT2D eigenvalue weighted by atomic mass is 10.0. The van der Waals surface area contributed by atoms with E-state index in [-0.39, 0.29) is 5.82 Å².